The van der Waals surface area contributed by atoms with E-state index in [0.29, 0.717) is 13.0 Å². The lowest BCUT2D eigenvalue weighted by Gasteiger charge is -2.42. The van der Waals surface area contributed by atoms with E-state index in [1.165, 1.54) is 7.11 Å². The first-order valence-corrected chi connectivity index (χ1v) is 16.7. The molecule has 2 heterocycles. The van der Waals surface area contributed by atoms with E-state index < -0.39 is 24.3 Å². The molecular formula is C39H46N4O6. The SMILES string of the molecule is COC(=O)[C@H](Cc1ccccc1)NC(=O)NCc1ccc([C@H]2O[C@@H](CN(C)CCc3ccccn3)[C@@H](C)[C@@H](c3ccc(CO)cc3)O2)cc1. The fourth-order valence-corrected chi connectivity index (χ4v) is 5.95. The molecule has 1 aliphatic rings. The number of nitrogens with one attached hydrogen (secondary N) is 2. The van der Waals surface area contributed by atoms with Gasteiger partial charge in [0, 0.05) is 55.8 Å². The Morgan fingerprint density at radius 1 is 0.898 bits per heavy atom. The topological polar surface area (TPSA) is 122 Å². The number of pyridine rings is 1. The summed E-state index contributed by atoms with van der Waals surface area (Å²) in [5, 5.41) is 15.1. The second-order valence-electron chi connectivity index (χ2n) is 12.5. The number of aliphatic hydroxyl groups excluding tert-OH is 1. The average Bonchev–Trinajstić information content (AvgIpc) is 3.14. The smallest absolute Gasteiger partial charge is 0.328 e. The zero-order chi connectivity index (χ0) is 34.6. The highest BCUT2D eigenvalue weighted by Gasteiger charge is 2.38. The van der Waals surface area contributed by atoms with Gasteiger partial charge in [0.15, 0.2) is 6.29 Å². The lowest BCUT2D eigenvalue weighted by Crippen LogP contribution is -2.47. The van der Waals surface area contributed by atoms with Crippen LogP contribution in [-0.2, 0) is 45.0 Å². The van der Waals surface area contributed by atoms with Gasteiger partial charge in [0.25, 0.3) is 0 Å². The van der Waals surface area contributed by atoms with Gasteiger partial charge in [-0.25, -0.2) is 9.59 Å². The van der Waals surface area contributed by atoms with Gasteiger partial charge in [-0.15, -0.1) is 0 Å². The van der Waals surface area contributed by atoms with Crippen molar-refractivity contribution >= 4 is 12.0 Å². The van der Waals surface area contributed by atoms with Gasteiger partial charge in [0.05, 0.1) is 25.9 Å². The Morgan fingerprint density at radius 3 is 2.27 bits per heavy atom. The number of likely N-dealkylation sites (N-methyl/N-ethyl adjacent to an activating group) is 1. The van der Waals surface area contributed by atoms with Gasteiger partial charge in [0.2, 0.25) is 0 Å². The number of nitrogens with zero attached hydrogens (tertiary/aromatic N) is 2. The number of methoxy groups -OCH3 is 1. The van der Waals surface area contributed by atoms with Crippen molar-refractivity contribution < 1.29 is 28.9 Å². The molecule has 1 saturated heterocycles. The third kappa shape index (κ3) is 10.2. The number of ether oxygens (including phenoxy) is 3. The summed E-state index contributed by atoms with van der Waals surface area (Å²) in [7, 11) is 3.41. The molecule has 0 unspecified atom stereocenters. The van der Waals surface area contributed by atoms with Crippen molar-refractivity contribution in [3.63, 3.8) is 0 Å². The van der Waals surface area contributed by atoms with Crippen molar-refractivity contribution in [1.29, 1.82) is 0 Å². The summed E-state index contributed by atoms with van der Waals surface area (Å²) in [6.07, 6.45) is 2.05. The van der Waals surface area contributed by atoms with Crippen LogP contribution in [0.5, 0.6) is 0 Å². The normalized spacial score (nSPS) is 19.6. The molecule has 3 N–H and O–H groups in total. The van der Waals surface area contributed by atoms with Gasteiger partial charge in [-0.05, 0) is 41.4 Å². The average molecular weight is 667 g/mol. The van der Waals surface area contributed by atoms with E-state index in [0.717, 1.165) is 46.5 Å². The quantitative estimate of drug-likeness (QED) is 0.159. The number of rotatable bonds is 14. The van der Waals surface area contributed by atoms with E-state index in [2.05, 4.69) is 34.5 Å². The molecule has 10 nitrogen and oxygen atoms in total. The molecule has 0 spiro atoms. The predicted octanol–water partition coefficient (Wildman–Crippen LogP) is 5.12. The van der Waals surface area contributed by atoms with E-state index in [-0.39, 0.29) is 31.3 Å². The number of hydrogen-bond acceptors (Lipinski definition) is 8. The first-order chi connectivity index (χ1) is 23.8. The Morgan fingerprint density at radius 2 is 1.59 bits per heavy atom. The maximum absolute atomic E-state index is 12.8. The minimum absolute atomic E-state index is 0.0147. The van der Waals surface area contributed by atoms with Crippen molar-refractivity contribution in [2.75, 3.05) is 27.2 Å². The van der Waals surface area contributed by atoms with Gasteiger partial charge in [-0.3, -0.25) is 4.98 Å². The summed E-state index contributed by atoms with van der Waals surface area (Å²) in [5.41, 5.74) is 5.59. The Hall–Kier alpha value is -4.61. The van der Waals surface area contributed by atoms with Crippen LogP contribution in [0.15, 0.2) is 103 Å². The van der Waals surface area contributed by atoms with Gasteiger partial charge >= 0.3 is 12.0 Å². The molecule has 0 bridgehead atoms. The lowest BCUT2D eigenvalue weighted by atomic mass is 9.90. The van der Waals surface area contributed by atoms with Crippen molar-refractivity contribution in [1.82, 2.24) is 20.5 Å². The van der Waals surface area contributed by atoms with Gasteiger partial charge in [0.1, 0.15) is 6.04 Å². The third-order valence-corrected chi connectivity index (χ3v) is 8.87. The molecule has 258 valence electrons. The molecule has 5 rings (SSSR count). The molecular weight excluding hydrogens is 620 g/mol. The van der Waals surface area contributed by atoms with E-state index in [4.69, 9.17) is 14.2 Å². The standard InChI is InChI=1S/C39H46N4O6/c1-27-35(25-43(2)22-20-33-11-7-8-21-40-33)48-38(49-36(27)31-16-14-30(26-44)15-17-31)32-18-12-29(13-19-32)24-41-39(46)42-34(37(45)47-3)23-28-9-5-4-6-10-28/h4-19,21,27,34-36,38,44H,20,22-26H2,1-3H3,(H2,41,42,46)/t27-,34+,35+,36+,38+/m1/s1. The van der Waals surface area contributed by atoms with Crippen molar-refractivity contribution in [3.8, 4) is 0 Å². The Balaban J connectivity index is 1.23. The van der Waals surface area contributed by atoms with E-state index >= 15 is 0 Å². The molecule has 0 aliphatic carbocycles. The summed E-state index contributed by atoms with van der Waals surface area (Å²) in [6.45, 7) is 3.96. The Kier molecular flexibility index (Phi) is 12.9. The van der Waals surface area contributed by atoms with E-state index in [1.54, 1.807) is 0 Å². The van der Waals surface area contributed by atoms with Crippen molar-refractivity contribution in [2.45, 2.75) is 57.5 Å². The highest BCUT2D eigenvalue weighted by molar-refractivity contribution is 5.83. The fourth-order valence-electron chi connectivity index (χ4n) is 5.95. The molecule has 4 aromatic rings. The second-order valence-corrected chi connectivity index (χ2v) is 12.5. The summed E-state index contributed by atoms with van der Waals surface area (Å²) in [6, 6.07) is 29.8. The number of carbonyl (C=O) groups excluding carboxylic acids is 2. The first-order valence-electron chi connectivity index (χ1n) is 16.7. The minimum Gasteiger partial charge on any atom is -0.467 e. The Bertz CT molecular complexity index is 1600. The second kappa shape index (κ2) is 17.7. The number of urea groups is 1. The fraction of sp³-hybridized carbons (Fsp3) is 0.359. The molecule has 10 heteroatoms. The van der Waals surface area contributed by atoms with Crippen LogP contribution in [0.3, 0.4) is 0 Å². The number of aromatic nitrogens is 1. The number of benzene rings is 3. The van der Waals surface area contributed by atoms with Crippen LogP contribution >= 0.6 is 0 Å². The zero-order valence-electron chi connectivity index (χ0n) is 28.3. The predicted molar refractivity (Wildman–Crippen MR) is 186 cm³/mol. The molecule has 1 aliphatic heterocycles. The van der Waals surface area contributed by atoms with Crippen LogP contribution in [0.25, 0.3) is 0 Å². The maximum atomic E-state index is 12.8. The Labute approximate surface area is 288 Å². The lowest BCUT2D eigenvalue weighted by molar-refractivity contribution is -0.275. The van der Waals surface area contributed by atoms with E-state index in [1.807, 2.05) is 103 Å². The highest BCUT2D eigenvalue weighted by Crippen LogP contribution is 2.41. The minimum atomic E-state index is -0.812. The molecule has 0 radical (unpaired) electrons. The number of hydrogen-bond donors (Lipinski definition) is 3. The van der Waals surface area contributed by atoms with Gasteiger partial charge in [-0.1, -0.05) is 91.9 Å². The number of esters is 1. The van der Waals surface area contributed by atoms with E-state index in [9.17, 15) is 14.7 Å². The first kappa shape index (κ1) is 35.7. The summed E-state index contributed by atoms with van der Waals surface area (Å²) >= 11 is 0. The molecule has 2 amide bonds. The zero-order valence-corrected chi connectivity index (χ0v) is 28.3. The van der Waals surface area contributed by atoms with Crippen LogP contribution < -0.4 is 10.6 Å². The van der Waals surface area contributed by atoms with Crippen LogP contribution in [0.4, 0.5) is 4.79 Å². The van der Waals surface area contributed by atoms with Crippen LogP contribution in [0, 0.1) is 5.92 Å². The van der Waals surface area contributed by atoms with Gasteiger partial charge < -0.3 is 34.9 Å². The highest BCUT2D eigenvalue weighted by atomic mass is 16.7. The molecule has 49 heavy (non-hydrogen) atoms. The number of carbonyl (C=O) groups is 2. The van der Waals surface area contributed by atoms with Crippen LogP contribution in [-0.4, -0.2) is 66.4 Å². The molecule has 3 aromatic carbocycles. The molecule has 1 aromatic heterocycles. The summed E-state index contributed by atoms with van der Waals surface area (Å²) in [4.78, 5) is 31.8. The largest absolute Gasteiger partial charge is 0.467 e. The van der Waals surface area contributed by atoms with Crippen molar-refractivity contribution in [3.05, 3.63) is 137 Å². The number of aliphatic hydroxyl groups is 1. The number of amides is 2. The molecule has 1 fully saturated rings. The summed E-state index contributed by atoms with van der Waals surface area (Å²) < 4.78 is 18.1. The van der Waals surface area contributed by atoms with Crippen LogP contribution in [0.1, 0.15) is 52.8 Å². The molecule has 0 saturated carbocycles. The monoisotopic (exact) mass is 666 g/mol. The van der Waals surface area contributed by atoms with Crippen molar-refractivity contribution in [2.24, 2.45) is 5.92 Å². The van der Waals surface area contributed by atoms with Crippen LogP contribution in [0.2, 0.25) is 0 Å². The third-order valence-electron chi connectivity index (χ3n) is 8.87. The maximum Gasteiger partial charge on any atom is 0.328 e. The summed E-state index contributed by atoms with van der Waals surface area (Å²) in [5.74, 6) is -0.447. The van der Waals surface area contributed by atoms with Gasteiger partial charge in [-0.2, -0.15) is 0 Å². The molecule has 5 atom stereocenters.